The number of fused-ring (bicyclic) bond motifs is 1. The number of aromatic nitrogens is 3. The summed E-state index contributed by atoms with van der Waals surface area (Å²) in [5.41, 5.74) is 2.76. The Morgan fingerprint density at radius 1 is 1.20 bits per heavy atom. The van der Waals surface area contributed by atoms with E-state index in [2.05, 4.69) is 28.7 Å². The molecule has 1 aliphatic rings. The Morgan fingerprint density at radius 3 is 2.63 bits per heavy atom. The van der Waals surface area contributed by atoms with Gasteiger partial charge >= 0.3 is 6.03 Å². The van der Waals surface area contributed by atoms with E-state index in [9.17, 15) is 9.18 Å². The Balaban J connectivity index is 1.40. The first-order valence-electron chi connectivity index (χ1n) is 10.6. The third-order valence-corrected chi connectivity index (χ3v) is 5.59. The predicted octanol–water partition coefficient (Wildman–Crippen LogP) is 4.32. The quantitative estimate of drug-likeness (QED) is 0.683. The van der Waals surface area contributed by atoms with E-state index in [0.717, 1.165) is 41.8 Å². The number of nitrogens with one attached hydrogen (secondary N) is 1. The summed E-state index contributed by atoms with van der Waals surface area (Å²) in [6, 6.07) is 10.3. The molecule has 0 radical (unpaired) electrons. The van der Waals surface area contributed by atoms with Gasteiger partial charge in [0.15, 0.2) is 5.65 Å². The van der Waals surface area contributed by atoms with Gasteiger partial charge in [-0.1, -0.05) is 26.0 Å². The van der Waals surface area contributed by atoms with Gasteiger partial charge in [-0.05, 0) is 48.6 Å². The van der Waals surface area contributed by atoms with Crippen molar-refractivity contribution in [3.8, 4) is 0 Å². The molecule has 1 aromatic carbocycles. The molecule has 1 aliphatic heterocycles. The van der Waals surface area contributed by atoms with E-state index in [1.165, 1.54) is 12.1 Å². The van der Waals surface area contributed by atoms with Crippen molar-refractivity contribution in [2.45, 2.75) is 45.7 Å². The molecule has 1 N–H and O–H groups in total. The van der Waals surface area contributed by atoms with Crippen molar-refractivity contribution in [1.29, 1.82) is 0 Å². The standard InChI is InChI=1S/C23H28FN5O/c1-16(2)14-21-27-20-4-3-11-25-22(20)29(21)19-9-12-28(13-10-19)23(30)26-15-17-5-7-18(24)8-6-17/h3-8,11,16,19H,9-10,12-15H2,1-2H3,(H,26,30). The van der Waals surface area contributed by atoms with Gasteiger partial charge in [0.2, 0.25) is 0 Å². The van der Waals surface area contributed by atoms with Crippen molar-refractivity contribution in [1.82, 2.24) is 24.8 Å². The van der Waals surface area contributed by atoms with Crippen molar-refractivity contribution >= 4 is 17.2 Å². The van der Waals surface area contributed by atoms with E-state index in [4.69, 9.17) is 4.98 Å². The number of likely N-dealkylation sites (tertiary alicyclic amines) is 1. The number of benzene rings is 1. The highest BCUT2D eigenvalue weighted by atomic mass is 19.1. The van der Waals surface area contributed by atoms with Crippen LogP contribution in [0.4, 0.5) is 9.18 Å². The monoisotopic (exact) mass is 409 g/mol. The van der Waals surface area contributed by atoms with Crippen molar-refractivity contribution in [3.63, 3.8) is 0 Å². The number of halogens is 1. The highest BCUT2D eigenvalue weighted by molar-refractivity contribution is 5.74. The van der Waals surface area contributed by atoms with Gasteiger partial charge in [0.25, 0.3) is 0 Å². The van der Waals surface area contributed by atoms with Crippen molar-refractivity contribution in [3.05, 3.63) is 59.8 Å². The molecule has 0 unspecified atom stereocenters. The first kappa shape index (κ1) is 20.3. The fourth-order valence-corrected chi connectivity index (χ4v) is 4.09. The number of carbonyl (C=O) groups is 1. The Labute approximate surface area is 176 Å². The number of hydrogen-bond acceptors (Lipinski definition) is 3. The van der Waals surface area contributed by atoms with Gasteiger partial charge < -0.3 is 14.8 Å². The fraction of sp³-hybridized carbons (Fsp3) is 0.435. The summed E-state index contributed by atoms with van der Waals surface area (Å²) in [5, 5.41) is 2.94. The topological polar surface area (TPSA) is 63.1 Å². The SMILES string of the molecule is CC(C)Cc1nc2cccnc2n1C1CCN(C(=O)NCc2ccc(F)cc2)CC1. The molecule has 6 nitrogen and oxygen atoms in total. The van der Waals surface area contributed by atoms with Crippen LogP contribution in [0.3, 0.4) is 0 Å². The molecule has 0 atom stereocenters. The molecule has 3 heterocycles. The minimum atomic E-state index is -0.273. The second kappa shape index (κ2) is 8.81. The van der Waals surface area contributed by atoms with Crippen LogP contribution in [0, 0.1) is 11.7 Å². The van der Waals surface area contributed by atoms with Crippen LogP contribution in [0.25, 0.3) is 11.2 Å². The molecule has 7 heteroatoms. The van der Waals surface area contributed by atoms with Crippen LogP contribution >= 0.6 is 0 Å². The summed E-state index contributed by atoms with van der Waals surface area (Å²) in [5.74, 6) is 1.32. The minimum Gasteiger partial charge on any atom is -0.334 e. The van der Waals surface area contributed by atoms with Crippen molar-refractivity contribution in [2.75, 3.05) is 13.1 Å². The van der Waals surface area contributed by atoms with Gasteiger partial charge in [-0.2, -0.15) is 0 Å². The molecule has 30 heavy (non-hydrogen) atoms. The maximum absolute atomic E-state index is 13.0. The lowest BCUT2D eigenvalue weighted by atomic mass is 10.0. The van der Waals surface area contributed by atoms with Gasteiger partial charge in [0.05, 0.1) is 0 Å². The number of piperidine rings is 1. The Kier molecular flexibility index (Phi) is 5.97. The second-order valence-electron chi connectivity index (χ2n) is 8.35. The van der Waals surface area contributed by atoms with Gasteiger partial charge in [-0.15, -0.1) is 0 Å². The van der Waals surface area contributed by atoms with Crippen LogP contribution in [0.15, 0.2) is 42.6 Å². The van der Waals surface area contributed by atoms with E-state index < -0.39 is 0 Å². The molecule has 158 valence electrons. The lowest BCUT2D eigenvalue weighted by Crippen LogP contribution is -2.44. The van der Waals surface area contributed by atoms with Crippen molar-refractivity contribution in [2.24, 2.45) is 5.92 Å². The van der Waals surface area contributed by atoms with E-state index in [-0.39, 0.29) is 11.8 Å². The second-order valence-corrected chi connectivity index (χ2v) is 8.35. The number of hydrogen-bond donors (Lipinski definition) is 1. The summed E-state index contributed by atoms with van der Waals surface area (Å²) in [7, 11) is 0. The maximum atomic E-state index is 13.0. The number of urea groups is 1. The van der Waals surface area contributed by atoms with Crippen LogP contribution in [0.5, 0.6) is 0 Å². The molecule has 3 aromatic rings. The molecular formula is C23H28FN5O. The lowest BCUT2D eigenvalue weighted by molar-refractivity contribution is 0.171. The van der Waals surface area contributed by atoms with Crippen LogP contribution in [-0.4, -0.2) is 38.6 Å². The predicted molar refractivity (Wildman–Crippen MR) is 115 cm³/mol. The third-order valence-electron chi connectivity index (χ3n) is 5.59. The molecule has 2 aromatic heterocycles. The van der Waals surface area contributed by atoms with Crippen LogP contribution < -0.4 is 5.32 Å². The molecule has 2 amide bonds. The zero-order chi connectivity index (χ0) is 21.1. The highest BCUT2D eigenvalue weighted by Crippen LogP contribution is 2.29. The molecular weight excluding hydrogens is 381 g/mol. The first-order valence-corrected chi connectivity index (χ1v) is 10.6. The average molecular weight is 410 g/mol. The minimum absolute atomic E-state index is 0.0752. The van der Waals surface area contributed by atoms with Gasteiger partial charge in [0, 0.05) is 38.3 Å². The first-order chi connectivity index (χ1) is 14.5. The molecule has 4 rings (SSSR count). The number of nitrogens with zero attached hydrogens (tertiary/aromatic N) is 4. The largest absolute Gasteiger partial charge is 0.334 e. The molecule has 0 bridgehead atoms. The van der Waals surface area contributed by atoms with Gasteiger partial charge in [-0.25, -0.2) is 19.2 Å². The van der Waals surface area contributed by atoms with Gasteiger partial charge in [0.1, 0.15) is 17.2 Å². The molecule has 0 aliphatic carbocycles. The summed E-state index contributed by atoms with van der Waals surface area (Å²) < 4.78 is 15.3. The van der Waals surface area contributed by atoms with Crippen molar-refractivity contribution < 1.29 is 9.18 Å². The number of imidazole rings is 1. The fourth-order valence-electron chi connectivity index (χ4n) is 4.09. The van der Waals surface area contributed by atoms with Gasteiger partial charge in [-0.3, -0.25) is 0 Å². The van der Waals surface area contributed by atoms with E-state index in [1.807, 2.05) is 23.2 Å². The normalized spacial score (nSPS) is 15.1. The Hall–Kier alpha value is -2.96. The average Bonchev–Trinajstić information content (AvgIpc) is 3.10. The van der Waals surface area contributed by atoms with E-state index >= 15 is 0 Å². The molecule has 0 spiro atoms. The molecule has 0 saturated carbocycles. The molecule has 1 fully saturated rings. The third kappa shape index (κ3) is 4.45. The molecule has 1 saturated heterocycles. The van der Waals surface area contributed by atoms with Crippen LogP contribution in [0.2, 0.25) is 0 Å². The van der Waals surface area contributed by atoms with E-state index in [0.29, 0.717) is 31.6 Å². The summed E-state index contributed by atoms with van der Waals surface area (Å²) >= 11 is 0. The van der Waals surface area contributed by atoms with E-state index in [1.54, 1.807) is 12.1 Å². The highest BCUT2D eigenvalue weighted by Gasteiger charge is 2.27. The number of pyridine rings is 1. The number of amides is 2. The zero-order valence-corrected chi connectivity index (χ0v) is 17.5. The van der Waals surface area contributed by atoms with Crippen LogP contribution in [-0.2, 0) is 13.0 Å². The smallest absolute Gasteiger partial charge is 0.317 e. The summed E-state index contributed by atoms with van der Waals surface area (Å²) in [4.78, 5) is 23.8. The number of carbonyl (C=O) groups excluding carboxylic acids is 1. The summed E-state index contributed by atoms with van der Waals surface area (Å²) in [6.45, 7) is 6.17. The number of rotatable bonds is 5. The lowest BCUT2D eigenvalue weighted by Gasteiger charge is -2.33. The Bertz CT molecular complexity index is 1010. The zero-order valence-electron chi connectivity index (χ0n) is 17.5. The maximum Gasteiger partial charge on any atom is 0.317 e. The Morgan fingerprint density at radius 2 is 1.93 bits per heavy atom. The van der Waals surface area contributed by atoms with Crippen LogP contribution in [0.1, 0.15) is 44.1 Å². The summed E-state index contributed by atoms with van der Waals surface area (Å²) in [6.07, 6.45) is 4.47.